The third kappa shape index (κ3) is 1.10. The highest BCUT2D eigenvalue weighted by molar-refractivity contribution is 6.03. The van der Waals surface area contributed by atoms with E-state index in [-0.39, 0.29) is 0 Å². The number of hydrogen-bond donors (Lipinski definition) is 0. The number of nitrogens with zero attached hydrogens (tertiary/aromatic N) is 3. The molecule has 0 aromatic heterocycles. The predicted molar refractivity (Wildman–Crippen MR) is 42.7 cm³/mol. The molecule has 2 aliphatic rings. The number of allylic oxidation sites excluding steroid dienone is 3. The van der Waals surface area contributed by atoms with Crippen molar-refractivity contribution >= 4 is 18.5 Å². The molecule has 0 radical (unpaired) electrons. The lowest BCUT2D eigenvalue weighted by molar-refractivity contribution is 0.332. The van der Waals surface area contributed by atoms with E-state index in [2.05, 4.69) is 15.1 Å². The normalized spacial score (nSPS) is 30.2. The van der Waals surface area contributed by atoms with Gasteiger partial charge in [0.05, 0.1) is 6.21 Å². The van der Waals surface area contributed by atoms with Gasteiger partial charge in [-0.2, -0.15) is 4.99 Å². The summed E-state index contributed by atoms with van der Waals surface area (Å²) >= 11 is 0. The summed E-state index contributed by atoms with van der Waals surface area (Å²) in [4.78, 5) is 12.7. The minimum atomic E-state index is 0.450. The van der Waals surface area contributed by atoms with Crippen molar-refractivity contribution in [1.29, 1.82) is 0 Å². The van der Waals surface area contributed by atoms with Crippen molar-refractivity contribution in [2.75, 3.05) is 0 Å². The van der Waals surface area contributed by atoms with Crippen LogP contribution in [0, 0.1) is 0 Å². The molecule has 2 aliphatic heterocycles. The fourth-order valence-electron chi connectivity index (χ4n) is 0.761. The molecule has 54 valence electrons. The van der Waals surface area contributed by atoms with E-state index in [0.29, 0.717) is 11.6 Å². The smallest absolute Gasteiger partial charge is 0.276 e. The molecule has 0 aromatic rings. The van der Waals surface area contributed by atoms with Gasteiger partial charge in [-0.1, -0.05) is 11.2 Å². The average molecular weight is 147 g/mol. The Bertz CT molecular complexity index is 310. The number of fused-ring (bicyclic) bond motifs is 1. The first-order valence-electron chi connectivity index (χ1n) is 3.15. The van der Waals surface area contributed by atoms with Crippen LogP contribution in [0.3, 0.4) is 0 Å². The second kappa shape index (κ2) is 2.49. The Kier molecular flexibility index (Phi) is 1.37. The Labute approximate surface area is 63.3 Å². The summed E-state index contributed by atoms with van der Waals surface area (Å²) in [5, 5.41) is 3.61. The quantitative estimate of drug-likeness (QED) is 0.501. The van der Waals surface area contributed by atoms with Crippen molar-refractivity contribution in [2.45, 2.75) is 0 Å². The summed E-state index contributed by atoms with van der Waals surface area (Å²) in [6.07, 6.45) is 8.40. The molecule has 0 amide bonds. The van der Waals surface area contributed by atoms with E-state index < -0.39 is 0 Å². The second-order valence-corrected chi connectivity index (χ2v) is 1.96. The maximum absolute atomic E-state index is 4.88. The van der Waals surface area contributed by atoms with Crippen LogP contribution in [0.15, 0.2) is 39.1 Å². The van der Waals surface area contributed by atoms with Gasteiger partial charge in [-0.3, -0.25) is 0 Å². The summed E-state index contributed by atoms with van der Waals surface area (Å²) in [7, 11) is 0. The summed E-state index contributed by atoms with van der Waals surface area (Å²) in [5.74, 6) is 0.450. The van der Waals surface area contributed by atoms with Crippen LogP contribution in [-0.4, -0.2) is 18.5 Å². The molecule has 0 aliphatic carbocycles. The van der Waals surface area contributed by atoms with Crippen molar-refractivity contribution < 1.29 is 4.84 Å². The molecule has 0 fully saturated rings. The van der Waals surface area contributed by atoms with E-state index in [1.54, 1.807) is 12.3 Å². The number of aliphatic imine (C=N–C) groups is 2. The first kappa shape index (κ1) is 6.03. The van der Waals surface area contributed by atoms with Crippen molar-refractivity contribution in [3.63, 3.8) is 0 Å². The van der Waals surface area contributed by atoms with Crippen molar-refractivity contribution in [3.05, 3.63) is 23.9 Å². The largest absolute Gasteiger partial charge is 0.334 e. The van der Waals surface area contributed by atoms with Crippen LogP contribution >= 0.6 is 0 Å². The molecule has 4 heteroatoms. The fraction of sp³-hybridized carbons (Fsp3) is 0. The van der Waals surface area contributed by atoms with Crippen molar-refractivity contribution in [3.8, 4) is 0 Å². The van der Waals surface area contributed by atoms with E-state index in [1.165, 1.54) is 6.34 Å². The summed E-state index contributed by atoms with van der Waals surface area (Å²) in [6, 6.07) is 0. The molecule has 0 unspecified atom stereocenters. The van der Waals surface area contributed by atoms with Gasteiger partial charge < -0.3 is 4.84 Å². The number of oxime groups is 1. The van der Waals surface area contributed by atoms with Crippen LogP contribution in [0.5, 0.6) is 0 Å². The highest BCUT2D eigenvalue weighted by Crippen LogP contribution is 2.08. The van der Waals surface area contributed by atoms with E-state index in [0.717, 1.165) is 0 Å². The molecule has 0 atom stereocenters. The molecule has 2 rings (SSSR count). The summed E-state index contributed by atoms with van der Waals surface area (Å²) in [5.41, 5.74) is 0.707. The highest BCUT2D eigenvalue weighted by Gasteiger charge is 2.11. The molecule has 4 nitrogen and oxygen atoms in total. The third-order valence-corrected chi connectivity index (χ3v) is 1.24. The number of hydrogen-bond acceptors (Lipinski definition) is 4. The Balaban J connectivity index is 2.38. The second-order valence-electron chi connectivity index (χ2n) is 1.96. The van der Waals surface area contributed by atoms with Gasteiger partial charge in [0.25, 0.3) is 5.90 Å². The lowest BCUT2D eigenvalue weighted by Gasteiger charge is -1.97. The lowest BCUT2D eigenvalue weighted by Crippen LogP contribution is -2.00. The molecule has 0 bridgehead atoms. The van der Waals surface area contributed by atoms with Gasteiger partial charge >= 0.3 is 0 Å². The molecule has 0 saturated carbocycles. The van der Waals surface area contributed by atoms with Gasteiger partial charge in [-0.05, 0) is 12.2 Å². The molecule has 0 spiro atoms. The predicted octanol–water partition coefficient (Wildman–Crippen LogP) is 0.883. The zero-order valence-corrected chi connectivity index (χ0v) is 5.64. The Hall–Kier alpha value is -1.71. The van der Waals surface area contributed by atoms with Crippen LogP contribution < -0.4 is 0 Å². The Morgan fingerprint density at radius 2 is 2.27 bits per heavy atom. The number of rotatable bonds is 0. The first-order valence-corrected chi connectivity index (χ1v) is 3.15. The molecule has 11 heavy (non-hydrogen) atoms. The maximum Gasteiger partial charge on any atom is 0.276 e. The van der Waals surface area contributed by atoms with E-state index in [9.17, 15) is 0 Å². The van der Waals surface area contributed by atoms with Gasteiger partial charge in [-0.15, -0.1) is 0 Å². The molecular weight excluding hydrogens is 142 g/mol. The SMILES string of the molecule is C1=N/C2=C/C=C\C=N/OC2=N1. The summed E-state index contributed by atoms with van der Waals surface area (Å²) in [6.45, 7) is 0. The van der Waals surface area contributed by atoms with Crippen LogP contribution in [0.4, 0.5) is 0 Å². The van der Waals surface area contributed by atoms with Crippen molar-refractivity contribution in [2.24, 2.45) is 15.1 Å². The lowest BCUT2D eigenvalue weighted by atomic mass is 10.3. The van der Waals surface area contributed by atoms with Gasteiger partial charge in [0.15, 0.2) is 0 Å². The average Bonchev–Trinajstić information content (AvgIpc) is 2.35. The van der Waals surface area contributed by atoms with Crippen LogP contribution in [0.2, 0.25) is 0 Å². The van der Waals surface area contributed by atoms with Crippen molar-refractivity contribution in [1.82, 2.24) is 0 Å². The maximum atomic E-state index is 4.88. The minimum Gasteiger partial charge on any atom is -0.334 e. The van der Waals surface area contributed by atoms with E-state index in [4.69, 9.17) is 4.84 Å². The third-order valence-electron chi connectivity index (χ3n) is 1.24. The van der Waals surface area contributed by atoms with Gasteiger partial charge in [0.2, 0.25) is 0 Å². The van der Waals surface area contributed by atoms with Gasteiger partial charge in [0.1, 0.15) is 12.0 Å². The topological polar surface area (TPSA) is 46.3 Å². The molecular formula is C7H5N3O. The fourth-order valence-corrected chi connectivity index (χ4v) is 0.761. The van der Waals surface area contributed by atoms with Gasteiger partial charge in [-0.25, -0.2) is 4.99 Å². The van der Waals surface area contributed by atoms with E-state index >= 15 is 0 Å². The monoisotopic (exact) mass is 147 g/mol. The summed E-state index contributed by atoms with van der Waals surface area (Å²) < 4.78 is 0. The zero-order chi connectivity index (χ0) is 7.52. The Morgan fingerprint density at radius 1 is 1.27 bits per heavy atom. The molecule has 0 N–H and O–H groups in total. The molecule has 2 heterocycles. The minimum absolute atomic E-state index is 0.450. The highest BCUT2D eigenvalue weighted by atomic mass is 16.6. The molecule has 0 aromatic carbocycles. The zero-order valence-electron chi connectivity index (χ0n) is 5.64. The van der Waals surface area contributed by atoms with E-state index in [1.807, 2.05) is 12.2 Å². The molecule has 0 saturated heterocycles. The Morgan fingerprint density at radius 3 is 3.27 bits per heavy atom. The standard InChI is InChI=1S/C7H5N3O/c1-2-4-10-11-7-6(3-1)8-5-9-7/h1-5H/b2-1-,6-3+,10-4-. The first-order chi connectivity index (χ1) is 5.47. The van der Waals surface area contributed by atoms with Crippen LogP contribution in [-0.2, 0) is 4.84 Å². The van der Waals surface area contributed by atoms with Gasteiger partial charge in [0, 0.05) is 0 Å². The van der Waals surface area contributed by atoms with Crippen LogP contribution in [0.25, 0.3) is 0 Å². The van der Waals surface area contributed by atoms with Crippen LogP contribution in [0.1, 0.15) is 0 Å².